The molecule has 96 valence electrons. The Morgan fingerprint density at radius 3 is 2.65 bits per heavy atom. The van der Waals surface area contributed by atoms with Crippen LogP contribution >= 0.6 is 0 Å². The van der Waals surface area contributed by atoms with E-state index < -0.39 is 0 Å². The predicted octanol–water partition coefficient (Wildman–Crippen LogP) is 2.29. The van der Waals surface area contributed by atoms with Crippen molar-refractivity contribution in [3.8, 4) is 0 Å². The molecule has 0 radical (unpaired) electrons. The molecule has 1 saturated carbocycles. The van der Waals surface area contributed by atoms with Crippen LogP contribution in [-0.2, 0) is 0 Å². The predicted molar refractivity (Wildman–Crippen MR) is 72.8 cm³/mol. The average Bonchev–Trinajstić information content (AvgIpc) is 2.75. The Hall–Kier alpha value is -0.990. The summed E-state index contributed by atoms with van der Waals surface area (Å²) in [5.41, 5.74) is 5.85. The van der Waals surface area contributed by atoms with Crippen LogP contribution in [0.4, 0.5) is 0 Å². The second-order valence-corrected chi connectivity index (χ2v) is 6.47. The minimum Gasteiger partial charge on any atom is -0.370 e. The number of guanidine groups is 1. The van der Waals surface area contributed by atoms with Crippen molar-refractivity contribution in [2.75, 3.05) is 6.54 Å². The van der Waals surface area contributed by atoms with E-state index in [1.54, 1.807) is 0 Å². The van der Waals surface area contributed by atoms with Gasteiger partial charge in [0, 0.05) is 12.1 Å². The highest BCUT2D eigenvalue weighted by Crippen LogP contribution is 2.44. The molecule has 2 aliphatic carbocycles. The number of hydrogen-bond donors (Lipinski definition) is 2. The molecule has 3 atom stereocenters. The van der Waals surface area contributed by atoms with E-state index >= 15 is 0 Å². The summed E-state index contributed by atoms with van der Waals surface area (Å²) in [6.45, 7) is 7.14. The van der Waals surface area contributed by atoms with Gasteiger partial charge >= 0.3 is 0 Å². The summed E-state index contributed by atoms with van der Waals surface area (Å²) in [5.74, 6) is 3.11. The van der Waals surface area contributed by atoms with Crippen LogP contribution in [-0.4, -0.2) is 18.0 Å². The molecule has 1 unspecified atom stereocenters. The largest absolute Gasteiger partial charge is 0.370 e. The van der Waals surface area contributed by atoms with Crippen molar-refractivity contribution in [1.82, 2.24) is 5.32 Å². The Morgan fingerprint density at radius 2 is 2.12 bits per heavy atom. The Morgan fingerprint density at radius 1 is 1.35 bits per heavy atom. The van der Waals surface area contributed by atoms with Crippen LogP contribution in [0.25, 0.3) is 0 Å². The van der Waals surface area contributed by atoms with Gasteiger partial charge in [0.2, 0.25) is 0 Å². The van der Waals surface area contributed by atoms with Gasteiger partial charge in [0.1, 0.15) is 0 Å². The van der Waals surface area contributed by atoms with Crippen molar-refractivity contribution in [3.63, 3.8) is 0 Å². The maximum atomic E-state index is 5.85. The van der Waals surface area contributed by atoms with Gasteiger partial charge in [-0.2, -0.15) is 0 Å². The molecule has 0 amide bonds. The molecule has 0 spiro atoms. The van der Waals surface area contributed by atoms with Crippen LogP contribution in [0, 0.1) is 17.8 Å². The van der Waals surface area contributed by atoms with E-state index in [0.717, 1.165) is 24.3 Å². The van der Waals surface area contributed by atoms with E-state index in [9.17, 15) is 0 Å². The lowest BCUT2D eigenvalue weighted by molar-refractivity contribution is 0.421. The fourth-order valence-electron chi connectivity index (χ4n) is 3.00. The molecule has 0 saturated heterocycles. The summed E-state index contributed by atoms with van der Waals surface area (Å²) in [7, 11) is 0. The topological polar surface area (TPSA) is 50.4 Å². The van der Waals surface area contributed by atoms with Crippen molar-refractivity contribution in [1.29, 1.82) is 0 Å². The second-order valence-electron chi connectivity index (χ2n) is 6.47. The lowest BCUT2D eigenvalue weighted by Gasteiger charge is -2.21. The van der Waals surface area contributed by atoms with Crippen molar-refractivity contribution >= 4 is 5.96 Å². The molecule has 0 aromatic carbocycles. The molecule has 2 bridgehead atoms. The normalized spacial score (nSPS) is 32.2. The van der Waals surface area contributed by atoms with Gasteiger partial charge in [0.25, 0.3) is 0 Å². The first-order chi connectivity index (χ1) is 7.94. The van der Waals surface area contributed by atoms with Crippen molar-refractivity contribution < 1.29 is 0 Å². The van der Waals surface area contributed by atoms with Crippen LogP contribution in [0.3, 0.4) is 0 Å². The van der Waals surface area contributed by atoms with Crippen LogP contribution in [0.1, 0.15) is 40.0 Å². The number of fused-ring (bicyclic) bond motifs is 2. The molecular formula is C14H25N3. The van der Waals surface area contributed by atoms with Crippen molar-refractivity contribution in [2.24, 2.45) is 28.5 Å². The van der Waals surface area contributed by atoms with Crippen LogP contribution in [0.2, 0.25) is 0 Å². The molecule has 0 aromatic rings. The zero-order valence-electron chi connectivity index (χ0n) is 11.2. The standard InChI is InChI=1S/C14H25N3/c1-14(2,3)17-13(15)16-7-6-12-9-10-4-5-11(12)8-10/h4-5,10-12H,6-9H2,1-3H3,(H3,15,16,17)/t10-,11+,12?/m1/s1. The van der Waals surface area contributed by atoms with E-state index in [1.165, 1.54) is 19.3 Å². The summed E-state index contributed by atoms with van der Waals surface area (Å²) < 4.78 is 0. The van der Waals surface area contributed by atoms with Crippen LogP contribution < -0.4 is 11.1 Å². The molecular weight excluding hydrogens is 210 g/mol. The van der Waals surface area contributed by atoms with Crippen molar-refractivity contribution in [3.05, 3.63) is 12.2 Å². The van der Waals surface area contributed by atoms with Gasteiger partial charge in [-0.3, -0.25) is 4.99 Å². The third kappa shape index (κ3) is 3.48. The number of allylic oxidation sites excluding steroid dienone is 2. The second kappa shape index (κ2) is 4.71. The van der Waals surface area contributed by atoms with Crippen molar-refractivity contribution in [2.45, 2.75) is 45.6 Å². The van der Waals surface area contributed by atoms with E-state index in [0.29, 0.717) is 5.96 Å². The SMILES string of the molecule is CC(C)(C)NC(N)=NCCC1C[C@@H]2C=C[C@H]1C2. The van der Waals surface area contributed by atoms with Gasteiger partial charge in [-0.05, 0) is 57.8 Å². The number of nitrogens with two attached hydrogens (primary N) is 1. The summed E-state index contributed by atoms with van der Waals surface area (Å²) in [6, 6.07) is 0. The number of nitrogens with zero attached hydrogens (tertiary/aromatic N) is 1. The third-order valence-electron chi connectivity index (χ3n) is 3.70. The lowest BCUT2D eigenvalue weighted by Crippen LogP contribution is -2.45. The van der Waals surface area contributed by atoms with E-state index in [1.807, 2.05) is 0 Å². The Bertz CT molecular complexity index is 325. The van der Waals surface area contributed by atoms with E-state index in [2.05, 4.69) is 43.2 Å². The quantitative estimate of drug-likeness (QED) is 0.448. The maximum Gasteiger partial charge on any atom is 0.188 e. The number of nitrogens with one attached hydrogen (secondary N) is 1. The summed E-state index contributed by atoms with van der Waals surface area (Å²) >= 11 is 0. The number of hydrogen-bond acceptors (Lipinski definition) is 1. The first-order valence-electron chi connectivity index (χ1n) is 6.70. The first-order valence-corrected chi connectivity index (χ1v) is 6.70. The molecule has 1 fully saturated rings. The number of rotatable bonds is 3. The maximum absolute atomic E-state index is 5.85. The van der Waals surface area contributed by atoms with E-state index in [-0.39, 0.29) is 5.54 Å². The fourth-order valence-corrected chi connectivity index (χ4v) is 3.00. The minimum atomic E-state index is 0.00273. The van der Waals surface area contributed by atoms with Gasteiger partial charge in [0.05, 0.1) is 0 Å². The van der Waals surface area contributed by atoms with Crippen LogP contribution in [0.15, 0.2) is 17.1 Å². The summed E-state index contributed by atoms with van der Waals surface area (Å²) in [5, 5.41) is 3.19. The molecule has 3 nitrogen and oxygen atoms in total. The van der Waals surface area contributed by atoms with Gasteiger partial charge in [-0.25, -0.2) is 0 Å². The Labute approximate surface area is 105 Å². The highest BCUT2D eigenvalue weighted by Gasteiger charge is 2.34. The Kier molecular flexibility index (Phi) is 3.45. The van der Waals surface area contributed by atoms with Gasteiger partial charge in [-0.15, -0.1) is 0 Å². The molecule has 0 aromatic heterocycles. The Balaban J connectivity index is 1.72. The monoisotopic (exact) mass is 235 g/mol. The van der Waals surface area contributed by atoms with Gasteiger partial charge in [0.15, 0.2) is 5.96 Å². The molecule has 17 heavy (non-hydrogen) atoms. The van der Waals surface area contributed by atoms with Crippen LogP contribution in [0.5, 0.6) is 0 Å². The summed E-state index contributed by atoms with van der Waals surface area (Å²) in [6.07, 6.45) is 8.71. The molecule has 0 aliphatic heterocycles. The highest BCUT2D eigenvalue weighted by molar-refractivity contribution is 5.78. The fraction of sp³-hybridized carbons (Fsp3) is 0.786. The molecule has 3 heteroatoms. The molecule has 2 rings (SSSR count). The third-order valence-corrected chi connectivity index (χ3v) is 3.70. The average molecular weight is 235 g/mol. The zero-order valence-corrected chi connectivity index (χ0v) is 11.2. The summed E-state index contributed by atoms with van der Waals surface area (Å²) in [4.78, 5) is 4.42. The lowest BCUT2D eigenvalue weighted by atomic mass is 9.91. The first kappa shape index (κ1) is 12.5. The molecule has 2 aliphatic rings. The highest BCUT2D eigenvalue weighted by atomic mass is 15.1. The van der Waals surface area contributed by atoms with E-state index in [4.69, 9.17) is 5.73 Å². The number of aliphatic imine (C=N–C) groups is 1. The molecule has 3 N–H and O–H groups in total. The van der Waals surface area contributed by atoms with Gasteiger partial charge < -0.3 is 11.1 Å². The molecule has 0 heterocycles. The van der Waals surface area contributed by atoms with Gasteiger partial charge in [-0.1, -0.05) is 12.2 Å². The smallest absolute Gasteiger partial charge is 0.188 e. The minimum absolute atomic E-state index is 0.00273. The zero-order chi connectivity index (χ0) is 12.5.